The number of nitrogens with one attached hydrogen (secondary N) is 1. The van der Waals surface area contributed by atoms with Crippen molar-refractivity contribution >= 4 is 11.6 Å². The average molecular weight is 344 g/mol. The van der Waals surface area contributed by atoms with Gasteiger partial charge in [0.25, 0.3) is 0 Å². The van der Waals surface area contributed by atoms with Crippen LogP contribution in [0.1, 0.15) is 12.8 Å². The summed E-state index contributed by atoms with van der Waals surface area (Å²) in [6, 6.07) is 14.6. The van der Waals surface area contributed by atoms with Crippen molar-refractivity contribution < 1.29 is 19.0 Å². The molecule has 0 aliphatic heterocycles. The summed E-state index contributed by atoms with van der Waals surface area (Å²) in [5.74, 6) is 2.14. The summed E-state index contributed by atoms with van der Waals surface area (Å²) in [5, 5.41) is 2.82. The summed E-state index contributed by atoms with van der Waals surface area (Å²) in [4.78, 5) is 11.8. The number of benzene rings is 2. The van der Waals surface area contributed by atoms with E-state index in [9.17, 15) is 4.79 Å². The molecular weight excluding hydrogens is 320 g/mol. The molecule has 6 heteroatoms. The number of carbonyl (C=O) groups is 1. The van der Waals surface area contributed by atoms with Gasteiger partial charge in [-0.1, -0.05) is 12.1 Å². The van der Waals surface area contributed by atoms with Gasteiger partial charge in [-0.25, -0.2) is 0 Å². The highest BCUT2D eigenvalue weighted by Crippen LogP contribution is 2.19. The minimum absolute atomic E-state index is 0.0250. The fourth-order valence-corrected chi connectivity index (χ4v) is 2.15. The Kier molecular flexibility index (Phi) is 7.43. The number of hydrogen-bond donors (Lipinski definition) is 2. The van der Waals surface area contributed by atoms with E-state index in [1.807, 2.05) is 42.5 Å². The second-order valence-corrected chi connectivity index (χ2v) is 5.36. The third-order valence-electron chi connectivity index (χ3n) is 3.48. The van der Waals surface area contributed by atoms with Gasteiger partial charge >= 0.3 is 0 Å². The average Bonchev–Trinajstić information content (AvgIpc) is 2.64. The third-order valence-corrected chi connectivity index (χ3v) is 3.48. The van der Waals surface area contributed by atoms with Gasteiger partial charge in [-0.05, 0) is 42.8 Å². The Hall–Kier alpha value is -2.89. The topological polar surface area (TPSA) is 82.8 Å². The molecule has 0 unspecified atom stereocenters. The Bertz CT molecular complexity index is 659. The van der Waals surface area contributed by atoms with Gasteiger partial charge in [-0.2, -0.15) is 0 Å². The number of amides is 1. The highest BCUT2D eigenvalue weighted by Gasteiger charge is 2.03. The fraction of sp³-hybridized carbons (Fsp3) is 0.316. The van der Waals surface area contributed by atoms with Gasteiger partial charge in [-0.15, -0.1) is 0 Å². The minimum Gasteiger partial charge on any atom is -0.497 e. The maximum atomic E-state index is 11.8. The van der Waals surface area contributed by atoms with Crippen molar-refractivity contribution in [2.24, 2.45) is 0 Å². The van der Waals surface area contributed by atoms with Crippen LogP contribution < -0.4 is 25.3 Å². The molecule has 1 amide bonds. The Morgan fingerprint density at radius 1 is 1.00 bits per heavy atom. The van der Waals surface area contributed by atoms with E-state index in [2.05, 4.69) is 5.32 Å². The SMILES string of the molecule is COc1ccc(OCCNC(=O)CCCOc2ccccc2N)cc1. The highest BCUT2D eigenvalue weighted by atomic mass is 16.5. The number of anilines is 1. The molecule has 0 aliphatic rings. The van der Waals surface area contributed by atoms with E-state index in [-0.39, 0.29) is 5.91 Å². The summed E-state index contributed by atoms with van der Waals surface area (Å²) in [6.45, 7) is 1.32. The van der Waals surface area contributed by atoms with Crippen LogP contribution in [0.4, 0.5) is 5.69 Å². The van der Waals surface area contributed by atoms with E-state index in [0.717, 1.165) is 11.5 Å². The number of carbonyl (C=O) groups excluding carboxylic acids is 1. The first-order valence-corrected chi connectivity index (χ1v) is 8.20. The molecule has 0 radical (unpaired) electrons. The number of nitrogen functional groups attached to an aromatic ring is 1. The molecule has 0 atom stereocenters. The zero-order valence-electron chi connectivity index (χ0n) is 14.4. The predicted octanol–water partition coefficient (Wildman–Crippen LogP) is 2.63. The number of nitrogens with two attached hydrogens (primary N) is 1. The second kappa shape index (κ2) is 10.1. The third kappa shape index (κ3) is 6.63. The minimum atomic E-state index is -0.0250. The molecular formula is C19H24N2O4. The molecule has 0 saturated heterocycles. The molecule has 0 bridgehead atoms. The molecule has 0 spiro atoms. The molecule has 0 fully saturated rings. The van der Waals surface area contributed by atoms with Gasteiger partial charge < -0.3 is 25.3 Å². The summed E-state index contributed by atoms with van der Waals surface area (Å²) in [5.41, 5.74) is 6.38. The zero-order chi connectivity index (χ0) is 17.9. The van der Waals surface area contributed by atoms with Crippen molar-refractivity contribution in [3.05, 3.63) is 48.5 Å². The van der Waals surface area contributed by atoms with Gasteiger partial charge in [0.05, 0.1) is 25.9 Å². The van der Waals surface area contributed by atoms with Crippen LogP contribution in [-0.4, -0.2) is 32.8 Å². The molecule has 25 heavy (non-hydrogen) atoms. The lowest BCUT2D eigenvalue weighted by Crippen LogP contribution is -2.28. The molecule has 134 valence electrons. The molecule has 2 rings (SSSR count). The van der Waals surface area contributed by atoms with E-state index in [0.29, 0.717) is 44.0 Å². The van der Waals surface area contributed by atoms with Crippen molar-refractivity contribution in [1.29, 1.82) is 0 Å². The number of para-hydroxylation sites is 2. The van der Waals surface area contributed by atoms with E-state index in [1.165, 1.54) is 0 Å². The highest BCUT2D eigenvalue weighted by molar-refractivity contribution is 5.75. The molecule has 6 nitrogen and oxygen atoms in total. The van der Waals surface area contributed by atoms with E-state index < -0.39 is 0 Å². The summed E-state index contributed by atoms with van der Waals surface area (Å²) in [6.07, 6.45) is 1.02. The summed E-state index contributed by atoms with van der Waals surface area (Å²) in [7, 11) is 1.62. The number of ether oxygens (including phenoxy) is 3. The molecule has 2 aromatic rings. The standard InChI is InChI=1S/C19H24N2O4/c1-23-15-8-10-16(11-9-15)24-14-12-21-19(22)7-4-13-25-18-6-3-2-5-17(18)20/h2-3,5-6,8-11H,4,7,12-14,20H2,1H3,(H,21,22). The lowest BCUT2D eigenvalue weighted by Gasteiger charge is -2.09. The van der Waals surface area contributed by atoms with Crippen LogP contribution >= 0.6 is 0 Å². The van der Waals surface area contributed by atoms with Crippen LogP contribution in [0, 0.1) is 0 Å². The van der Waals surface area contributed by atoms with Gasteiger partial charge in [0.2, 0.25) is 5.91 Å². The van der Waals surface area contributed by atoms with Crippen molar-refractivity contribution in [1.82, 2.24) is 5.32 Å². The van der Waals surface area contributed by atoms with Crippen LogP contribution in [-0.2, 0) is 4.79 Å². The van der Waals surface area contributed by atoms with E-state index in [1.54, 1.807) is 13.2 Å². The lowest BCUT2D eigenvalue weighted by atomic mass is 10.3. The first-order chi connectivity index (χ1) is 12.2. The maximum absolute atomic E-state index is 11.8. The van der Waals surface area contributed by atoms with E-state index in [4.69, 9.17) is 19.9 Å². The number of rotatable bonds is 10. The van der Waals surface area contributed by atoms with Crippen LogP contribution in [0.2, 0.25) is 0 Å². The van der Waals surface area contributed by atoms with Gasteiger partial charge in [-0.3, -0.25) is 4.79 Å². The molecule has 0 saturated carbocycles. The Balaban J connectivity index is 1.54. The Labute approximate surface area is 147 Å². The molecule has 0 heterocycles. The zero-order valence-corrected chi connectivity index (χ0v) is 14.4. The van der Waals surface area contributed by atoms with Crippen molar-refractivity contribution in [3.63, 3.8) is 0 Å². The first-order valence-electron chi connectivity index (χ1n) is 8.20. The smallest absolute Gasteiger partial charge is 0.220 e. The largest absolute Gasteiger partial charge is 0.497 e. The van der Waals surface area contributed by atoms with Crippen molar-refractivity contribution in [2.45, 2.75) is 12.8 Å². The number of hydrogen-bond acceptors (Lipinski definition) is 5. The predicted molar refractivity (Wildman–Crippen MR) is 97.1 cm³/mol. The van der Waals surface area contributed by atoms with Crippen LogP contribution in [0.5, 0.6) is 17.2 Å². The van der Waals surface area contributed by atoms with Gasteiger partial charge in [0.15, 0.2) is 0 Å². The van der Waals surface area contributed by atoms with E-state index >= 15 is 0 Å². The fourth-order valence-electron chi connectivity index (χ4n) is 2.15. The Morgan fingerprint density at radius 2 is 1.72 bits per heavy atom. The van der Waals surface area contributed by atoms with Gasteiger partial charge in [0, 0.05) is 6.42 Å². The number of methoxy groups -OCH3 is 1. The molecule has 0 aromatic heterocycles. The van der Waals surface area contributed by atoms with Crippen molar-refractivity contribution in [2.75, 3.05) is 32.6 Å². The summed E-state index contributed by atoms with van der Waals surface area (Å²) >= 11 is 0. The summed E-state index contributed by atoms with van der Waals surface area (Å²) < 4.78 is 16.2. The monoisotopic (exact) mass is 344 g/mol. The normalized spacial score (nSPS) is 10.1. The van der Waals surface area contributed by atoms with Crippen LogP contribution in [0.25, 0.3) is 0 Å². The quantitative estimate of drug-likeness (QED) is 0.511. The maximum Gasteiger partial charge on any atom is 0.220 e. The molecule has 3 N–H and O–H groups in total. The Morgan fingerprint density at radius 3 is 2.44 bits per heavy atom. The lowest BCUT2D eigenvalue weighted by molar-refractivity contribution is -0.121. The first kappa shape index (κ1) is 18.4. The van der Waals surface area contributed by atoms with Gasteiger partial charge in [0.1, 0.15) is 23.9 Å². The molecule has 2 aromatic carbocycles. The van der Waals surface area contributed by atoms with Crippen LogP contribution in [0.15, 0.2) is 48.5 Å². The second-order valence-electron chi connectivity index (χ2n) is 5.36. The molecule has 0 aliphatic carbocycles. The van der Waals surface area contributed by atoms with Crippen molar-refractivity contribution in [3.8, 4) is 17.2 Å². The van der Waals surface area contributed by atoms with Crippen LogP contribution in [0.3, 0.4) is 0 Å².